The minimum absolute atomic E-state index is 0.106. The van der Waals surface area contributed by atoms with E-state index in [1.165, 1.54) is 0 Å². The van der Waals surface area contributed by atoms with Crippen molar-refractivity contribution in [1.82, 2.24) is 10.3 Å². The Balaban J connectivity index is 1.47. The van der Waals surface area contributed by atoms with Gasteiger partial charge in [-0.2, -0.15) is 0 Å². The minimum Gasteiger partial charge on any atom is -0.441 e. The molecule has 1 saturated carbocycles. The summed E-state index contributed by atoms with van der Waals surface area (Å²) in [6.45, 7) is 8.37. The molecule has 2 atom stereocenters. The fourth-order valence-corrected chi connectivity index (χ4v) is 4.13. The van der Waals surface area contributed by atoms with Crippen molar-refractivity contribution in [2.45, 2.75) is 72.4 Å². The van der Waals surface area contributed by atoms with E-state index in [0.717, 1.165) is 48.3 Å². The molecule has 2 aromatic rings. The van der Waals surface area contributed by atoms with E-state index in [1.807, 2.05) is 32.0 Å². The van der Waals surface area contributed by atoms with Gasteiger partial charge in [-0.1, -0.05) is 38.0 Å². The van der Waals surface area contributed by atoms with Gasteiger partial charge in [-0.15, -0.1) is 0 Å². The highest BCUT2D eigenvalue weighted by atomic mass is 16.5. The Bertz CT molecular complexity index is 950. The van der Waals surface area contributed by atoms with Crippen LogP contribution in [-0.2, 0) is 20.9 Å². The Morgan fingerprint density at radius 3 is 2.78 bits per heavy atom. The zero-order valence-electron chi connectivity index (χ0n) is 19.6. The maximum Gasteiger partial charge on any atom is 0.226 e. The minimum atomic E-state index is -0.839. The number of amides is 2. The summed E-state index contributed by atoms with van der Waals surface area (Å²) in [6.07, 6.45) is 4.04. The van der Waals surface area contributed by atoms with Crippen molar-refractivity contribution in [3.8, 4) is 11.5 Å². The molecule has 1 aromatic heterocycles. The van der Waals surface area contributed by atoms with Crippen molar-refractivity contribution in [3.63, 3.8) is 0 Å². The van der Waals surface area contributed by atoms with Crippen LogP contribution >= 0.6 is 0 Å². The van der Waals surface area contributed by atoms with Gasteiger partial charge in [-0.25, -0.2) is 4.98 Å². The molecular formula is C25H35N3O4. The topological polar surface area (TPSA) is 107 Å². The Kier molecular flexibility index (Phi) is 7.72. The number of hydrogen-bond acceptors (Lipinski definition) is 5. The largest absolute Gasteiger partial charge is 0.441 e. The van der Waals surface area contributed by atoms with Crippen LogP contribution in [0.1, 0.15) is 63.0 Å². The first-order chi connectivity index (χ1) is 15.1. The molecule has 2 amide bonds. The number of primary amides is 1. The number of nitrogens with two attached hydrogens (primary N) is 1. The SMILES string of the molecule is Cc1cccc(-c2nc(COCC3CCCC(NC(=O)CC(C)(C)C(N)=O)C3)c(C)o2)c1. The predicted octanol–water partition coefficient (Wildman–Crippen LogP) is 4.05. The smallest absolute Gasteiger partial charge is 0.226 e. The van der Waals surface area contributed by atoms with Crippen molar-refractivity contribution < 1.29 is 18.7 Å². The molecule has 0 aliphatic heterocycles. The molecule has 1 aliphatic carbocycles. The van der Waals surface area contributed by atoms with Gasteiger partial charge in [0.05, 0.1) is 12.0 Å². The van der Waals surface area contributed by atoms with E-state index in [1.54, 1.807) is 13.8 Å². The number of carbonyl (C=O) groups is 2. The van der Waals surface area contributed by atoms with E-state index in [4.69, 9.17) is 14.9 Å². The van der Waals surface area contributed by atoms with E-state index in [9.17, 15) is 9.59 Å². The fraction of sp³-hybridized carbons (Fsp3) is 0.560. The Labute approximate surface area is 190 Å². The Morgan fingerprint density at radius 2 is 2.06 bits per heavy atom. The van der Waals surface area contributed by atoms with Crippen molar-refractivity contribution in [3.05, 3.63) is 41.3 Å². The quantitative estimate of drug-likeness (QED) is 0.610. The second kappa shape index (κ2) is 10.3. The molecule has 7 heteroatoms. The average Bonchev–Trinajstić information content (AvgIpc) is 3.08. The highest BCUT2D eigenvalue weighted by Gasteiger charge is 2.30. The number of hydrogen-bond donors (Lipinski definition) is 2. The number of nitrogens with zero attached hydrogens (tertiary/aromatic N) is 1. The van der Waals surface area contributed by atoms with Crippen LogP contribution in [0.4, 0.5) is 0 Å². The molecule has 0 saturated heterocycles. The summed E-state index contributed by atoms with van der Waals surface area (Å²) in [5.74, 6) is 1.18. The lowest BCUT2D eigenvalue weighted by atomic mass is 9.85. The fourth-order valence-electron chi connectivity index (χ4n) is 4.13. The standard InChI is InChI=1S/C25H35N3O4/c1-16-7-5-9-19(11-16)23-28-21(17(2)32-23)15-31-14-18-8-6-10-20(12-18)27-22(29)13-25(3,4)24(26)30/h5,7,9,11,18,20H,6,8,10,12-15H2,1-4H3,(H2,26,30)(H,27,29). The van der Waals surface area contributed by atoms with Gasteiger partial charge in [0.2, 0.25) is 17.7 Å². The zero-order valence-corrected chi connectivity index (χ0v) is 19.6. The van der Waals surface area contributed by atoms with Gasteiger partial charge in [0.25, 0.3) is 0 Å². The van der Waals surface area contributed by atoms with E-state index >= 15 is 0 Å². The molecule has 0 radical (unpaired) electrons. The summed E-state index contributed by atoms with van der Waals surface area (Å²) in [4.78, 5) is 28.4. The van der Waals surface area contributed by atoms with Crippen molar-refractivity contribution in [1.29, 1.82) is 0 Å². The number of benzene rings is 1. The van der Waals surface area contributed by atoms with Crippen LogP contribution in [0, 0.1) is 25.2 Å². The number of carbonyl (C=O) groups excluding carboxylic acids is 2. The van der Waals surface area contributed by atoms with Crippen LogP contribution in [-0.4, -0.2) is 29.4 Å². The summed E-state index contributed by atoms with van der Waals surface area (Å²) >= 11 is 0. The van der Waals surface area contributed by atoms with Gasteiger partial charge in [-0.3, -0.25) is 9.59 Å². The van der Waals surface area contributed by atoms with Crippen molar-refractivity contribution in [2.75, 3.05) is 6.61 Å². The van der Waals surface area contributed by atoms with Crippen LogP contribution < -0.4 is 11.1 Å². The van der Waals surface area contributed by atoms with Gasteiger partial charge in [0.15, 0.2) is 0 Å². The molecule has 3 N–H and O–H groups in total. The normalized spacial score (nSPS) is 19.0. The first-order valence-corrected chi connectivity index (χ1v) is 11.3. The molecule has 2 unspecified atom stereocenters. The van der Waals surface area contributed by atoms with Gasteiger partial charge < -0.3 is 20.2 Å². The molecule has 1 fully saturated rings. The third kappa shape index (κ3) is 6.42. The number of aryl methyl sites for hydroxylation is 2. The molecule has 0 bridgehead atoms. The third-order valence-electron chi connectivity index (χ3n) is 6.17. The van der Waals surface area contributed by atoms with Crippen LogP contribution in [0.15, 0.2) is 28.7 Å². The summed E-state index contributed by atoms with van der Waals surface area (Å²) < 4.78 is 11.8. The van der Waals surface area contributed by atoms with Gasteiger partial charge in [-0.05, 0) is 51.2 Å². The Hall–Kier alpha value is -2.67. The third-order valence-corrected chi connectivity index (χ3v) is 6.17. The van der Waals surface area contributed by atoms with Crippen LogP contribution in [0.5, 0.6) is 0 Å². The Morgan fingerprint density at radius 1 is 1.28 bits per heavy atom. The first-order valence-electron chi connectivity index (χ1n) is 11.3. The lowest BCUT2D eigenvalue weighted by molar-refractivity contribution is -0.133. The predicted molar refractivity (Wildman–Crippen MR) is 123 cm³/mol. The van der Waals surface area contributed by atoms with E-state index < -0.39 is 11.3 Å². The van der Waals surface area contributed by atoms with Crippen molar-refractivity contribution >= 4 is 11.8 Å². The summed E-state index contributed by atoms with van der Waals surface area (Å²) in [5, 5.41) is 3.07. The number of rotatable bonds is 9. The second-order valence-electron chi connectivity index (χ2n) is 9.63. The molecule has 1 heterocycles. The number of aromatic nitrogens is 1. The summed E-state index contributed by atoms with van der Waals surface area (Å²) in [5.41, 5.74) is 7.48. The molecule has 1 aliphatic rings. The number of ether oxygens (including phenoxy) is 1. The maximum absolute atomic E-state index is 12.3. The molecule has 0 spiro atoms. The van der Waals surface area contributed by atoms with E-state index in [2.05, 4.69) is 16.4 Å². The van der Waals surface area contributed by atoms with Gasteiger partial charge in [0.1, 0.15) is 11.5 Å². The number of nitrogens with one attached hydrogen (secondary N) is 1. The second-order valence-corrected chi connectivity index (χ2v) is 9.63. The van der Waals surface area contributed by atoms with Crippen molar-refractivity contribution in [2.24, 2.45) is 17.1 Å². The average molecular weight is 442 g/mol. The van der Waals surface area contributed by atoms with Crippen LogP contribution in [0.25, 0.3) is 11.5 Å². The van der Waals surface area contributed by atoms with Gasteiger partial charge in [0, 0.05) is 24.6 Å². The molecule has 174 valence electrons. The maximum atomic E-state index is 12.3. The highest BCUT2D eigenvalue weighted by molar-refractivity contribution is 5.87. The molecule has 32 heavy (non-hydrogen) atoms. The van der Waals surface area contributed by atoms with E-state index in [0.29, 0.717) is 25.0 Å². The first kappa shape index (κ1) is 24.0. The summed E-state index contributed by atoms with van der Waals surface area (Å²) in [7, 11) is 0. The lowest BCUT2D eigenvalue weighted by Crippen LogP contribution is -2.43. The molecule has 1 aromatic carbocycles. The number of oxazole rings is 1. The molecular weight excluding hydrogens is 406 g/mol. The lowest BCUT2D eigenvalue weighted by Gasteiger charge is -2.30. The molecule has 7 nitrogen and oxygen atoms in total. The van der Waals surface area contributed by atoms with Crippen LogP contribution in [0.2, 0.25) is 0 Å². The zero-order chi connectivity index (χ0) is 23.3. The van der Waals surface area contributed by atoms with E-state index in [-0.39, 0.29) is 18.4 Å². The van der Waals surface area contributed by atoms with Crippen LogP contribution in [0.3, 0.4) is 0 Å². The monoisotopic (exact) mass is 441 g/mol. The summed E-state index contributed by atoms with van der Waals surface area (Å²) in [6, 6.07) is 8.19. The van der Waals surface area contributed by atoms with Gasteiger partial charge >= 0.3 is 0 Å². The molecule has 3 rings (SSSR count). The highest BCUT2D eigenvalue weighted by Crippen LogP contribution is 2.27.